The van der Waals surface area contributed by atoms with Crippen molar-refractivity contribution in [2.75, 3.05) is 50.4 Å². The van der Waals surface area contributed by atoms with Crippen LogP contribution in [0.1, 0.15) is 0 Å². The summed E-state index contributed by atoms with van der Waals surface area (Å²) in [5, 5.41) is 3.08. The number of aliphatic imine (C=N–C) groups is 1. The lowest BCUT2D eigenvalue weighted by Crippen LogP contribution is -2.53. The van der Waals surface area contributed by atoms with Gasteiger partial charge < -0.3 is 15.1 Å². The lowest BCUT2D eigenvalue weighted by molar-refractivity contribution is 0.372. The number of pyridine rings is 1. The van der Waals surface area contributed by atoms with Crippen LogP contribution in [0.3, 0.4) is 0 Å². The Kier molecular flexibility index (Phi) is 8.62. The van der Waals surface area contributed by atoms with Gasteiger partial charge in [-0.05, 0) is 24.3 Å². The predicted octanol–water partition coefficient (Wildman–Crippen LogP) is 2.01. The molecule has 2 heterocycles. The molecule has 0 aliphatic carbocycles. The highest BCUT2D eigenvalue weighted by molar-refractivity contribution is 14.0. The molecule has 2 aromatic rings. The molecule has 0 spiro atoms. The van der Waals surface area contributed by atoms with Crippen LogP contribution in [-0.2, 0) is 9.84 Å². The Balaban J connectivity index is 0.00000300. The molecule has 0 radical (unpaired) electrons. The maximum absolute atomic E-state index is 13.8. The van der Waals surface area contributed by atoms with Gasteiger partial charge in [-0.1, -0.05) is 18.2 Å². The van der Waals surface area contributed by atoms with Gasteiger partial charge in [-0.25, -0.2) is 17.8 Å². The number of nitrogens with one attached hydrogen (secondary N) is 1. The molecule has 0 atom stereocenters. The molecular formula is C19H25FIN5O2S. The van der Waals surface area contributed by atoms with E-state index in [1.807, 2.05) is 18.2 Å². The Morgan fingerprint density at radius 2 is 1.83 bits per heavy atom. The van der Waals surface area contributed by atoms with E-state index in [1.54, 1.807) is 13.2 Å². The molecule has 158 valence electrons. The number of piperazine rings is 1. The maximum Gasteiger partial charge on any atom is 0.193 e. The molecule has 1 N–H and O–H groups in total. The van der Waals surface area contributed by atoms with Crippen LogP contribution in [-0.4, -0.2) is 69.8 Å². The molecule has 0 saturated carbocycles. The van der Waals surface area contributed by atoms with E-state index < -0.39 is 15.7 Å². The summed E-state index contributed by atoms with van der Waals surface area (Å²) >= 11 is 0. The molecule has 1 aromatic carbocycles. The number of aromatic nitrogens is 1. The largest absolute Gasteiger partial charge is 0.355 e. The van der Waals surface area contributed by atoms with Gasteiger partial charge in [-0.3, -0.25) is 4.99 Å². The number of sulfone groups is 1. The van der Waals surface area contributed by atoms with Crippen LogP contribution in [0.25, 0.3) is 0 Å². The highest BCUT2D eigenvalue weighted by Gasteiger charge is 2.22. The Hall–Kier alpha value is -1.95. The first-order valence-corrected chi connectivity index (χ1v) is 10.8. The fourth-order valence-electron chi connectivity index (χ4n) is 3.12. The summed E-state index contributed by atoms with van der Waals surface area (Å²) in [5.41, 5.74) is 0. The minimum atomic E-state index is -3.70. The van der Waals surface area contributed by atoms with Crippen molar-refractivity contribution in [3.8, 4) is 0 Å². The van der Waals surface area contributed by atoms with Crippen LogP contribution in [0.2, 0.25) is 0 Å². The van der Waals surface area contributed by atoms with Crippen molar-refractivity contribution in [2.45, 2.75) is 4.90 Å². The Labute approximate surface area is 188 Å². The molecular weight excluding hydrogens is 508 g/mol. The van der Waals surface area contributed by atoms with E-state index in [9.17, 15) is 12.8 Å². The van der Waals surface area contributed by atoms with Gasteiger partial charge in [0.05, 0.1) is 5.75 Å². The van der Waals surface area contributed by atoms with Gasteiger partial charge in [-0.15, -0.1) is 24.0 Å². The fourth-order valence-corrected chi connectivity index (χ4v) is 4.37. The van der Waals surface area contributed by atoms with Crippen LogP contribution in [0, 0.1) is 5.82 Å². The van der Waals surface area contributed by atoms with Crippen molar-refractivity contribution in [1.29, 1.82) is 0 Å². The zero-order valence-electron chi connectivity index (χ0n) is 16.2. The van der Waals surface area contributed by atoms with Crippen LogP contribution in [0.5, 0.6) is 0 Å². The number of anilines is 1. The van der Waals surface area contributed by atoms with Crippen molar-refractivity contribution in [2.24, 2.45) is 4.99 Å². The smallest absolute Gasteiger partial charge is 0.193 e. The zero-order valence-corrected chi connectivity index (χ0v) is 19.3. The topological polar surface area (TPSA) is 77.9 Å². The van der Waals surface area contributed by atoms with Crippen LogP contribution >= 0.6 is 24.0 Å². The lowest BCUT2D eigenvalue weighted by Gasteiger charge is -2.37. The van der Waals surface area contributed by atoms with Gasteiger partial charge in [0.25, 0.3) is 0 Å². The van der Waals surface area contributed by atoms with Crippen molar-refractivity contribution < 1.29 is 12.8 Å². The quantitative estimate of drug-likeness (QED) is 0.360. The molecule has 0 amide bonds. The molecule has 0 unspecified atom stereocenters. The van der Waals surface area contributed by atoms with E-state index in [1.165, 1.54) is 18.2 Å². The molecule has 7 nitrogen and oxygen atoms in total. The molecule has 1 aromatic heterocycles. The minimum Gasteiger partial charge on any atom is -0.355 e. The average molecular weight is 533 g/mol. The van der Waals surface area contributed by atoms with Crippen molar-refractivity contribution in [3.63, 3.8) is 0 Å². The SMILES string of the molecule is CN=C(NCCS(=O)(=O)c1ccccc1F)N1CCN(c2ccccn2)CC1.I. The number of nitrogens with zero attached hydrogens (tertiary/aromatic N) is 4. The highest BCUT2D eigenvalue weighted by atomic mass is 127. The molecule has 1 fully saturated rings. The Bertz CT molecular complexity index is 919. The Morgan fingerprint density at radius 3 is 2.45 bits per heavy atom. The number of rotatable bonds is 5. The van der Waals surface area contributed by atoms with E-state index in [-0.39, 0.29) is 41.2 Å². The summed E-state index contributed by atoms with van der Waals surface area (Å²) in [6, 6.07) is 11.3. The molecule has 1 saturated heterocycles. The second kappa shape index (κ2) is 10.7. The van der Waals surface area contributed by atoms with Gasteiger partial charge >= 0.3 is 0 Å². The normalized spacial score (nSPS) is 15.0. The third-order valence-corrected chi connectivity index (χ3v) is 6.33. The number of halogens is 2. The number of benzene rings is 1. The molecule has 10 heteroatoms. The summed E-state index contributed by atoms with van der Waals surface area (Å²) in [7, 11) is -2.03. The first kappa shape index (κ1) is 23.3. The van der Waals surface area contributed by atoms with Crippen LogP contribution in [0.15, 0.2) is 58.5 Å². The summed E-state index contributed by atoms with van der Waals surface area (Å²) in [6.07, 6.45) is 1.78. The van der Waals surface area contributed by atoms with E-state index >= 15 is 0 Å². The number of guanidine groups is 1. The second-order valence-corrected chi connectivity index (χ2v) is 8.46. The molecule has 3 rings (SSSR count). The van der Waals surface area contributed by atoms with Gasteiger partial charge in [0, 0.05) is 46.0 Å². The lowest BCUT2D eigenvalue weighted by atomic mass is 10.3. The van der Waals surface area contributed by atoms with Gasteiger partial charge in [0.1, 0.15) is 16.5 Å². The zero-order chi connectivity index (χ0) is 20.0. The number of hydrogen-bond donors (Lipinski definition) is 1. The minimum absolute atomic E-state index is 0. The van der Waals surface area contributed by atoms with E-state index in [0.29, 0.717) is 5.96 Å². The molecule has 0 bridgehead atoms. The first-order chi connectivity index (χ1) is 13.5. The summed E-state index contributed by atoms with van der Waals surface area (Å²) in [5.74, 6) is 0.656. The first-order valence-electron chi connectivity index (χ1n) is 9.10. The summed E-state index contributed by atoms with van der Waals surface area (Å²) in [4.78, 5) is 12.6. The van der Waals surface area contributed by atoms with E-state index in [0.717, 1.165) is 38.1 Å². The highest BCUT2D eigenvalue weighted by Crippen LogP contribution is 2.15. The fraction of sp³-hybridized carbons (Fsp3) is 0.368. The average Bonchev–Trinajstić information content (AvgIpc) is 2.72. The van der Waals surface area contributed by atoms with Gasteiger partial charge in [0.15, 0.2) is 15.8 Å². The predicted molar refractivity (Wildman–Crippen MR) is 123 cm³/mol. The molecule has 1 aliphatic heterocycles. The third-order valence-electron chi connectivity index (χ3n) is 4.59. The van der Waals surface area contributed by atoms with E-state index in [4.69, 9.17) is 0 Å². The monoisotopic (exact) mass is 533 g/mol. The second-order valence-electron chi connectivity index (χ2n) is 6.39. The molecule has 29 heavy (non-hydrogen) atoms. The van der Waals surface area contributed by atoms with Crippen molar-refractivity contribution >= 4 is 45.6 Å². The van der Waals surface area contributed by atoms with Gasteiger partial charge in [-0.2, -0.15) is 0 Å². The van der Waals surface area contributed by atoms with Crippen molar-refractivity contribution in [1.82, 2.24) is 15.2 Å². The van der Waals surface area contributed by atoms with Gasteiger partial charge in [0.2, 0.25) is 0 Å². The summed E-state index contributed by atoms with van der Waals surface area (Å²) in [6.45, 7) is 3.24. The number of hydrogen-bond acceptors (Lipinski definition) is 5. The standard InChI is InChI=1S/C19H24FN5O2S.HI/c1-21-19(23-10-15-28(26,27)17-7-3-2-6-16(17)20)25-13-11-24(12-14-25)18-8-4-5-9-22-18;/h2-9H,10-15H2,1H3,(H,21,23);1H. The van der Waals surface area contributed by atoms with Crippen LogP contribution < -0.4 is 10.2 Å². The van der Waals surface area contributed by atoms with Crippen molar-refractivity contribution in [3.05, 3.63) is 54.5 Å². The van der Waals surface area contributed by atoms with E-state index in [2.05, 4.69) is 25.1 Å². The molecule has 1 aliphatic rings. The van der Waals surface area contributed by atoms with Crippen LogP contribution in [0.4, 0.5) is 10.2 Å². The third kappa shape index (κ3) is 6.01. The Morgan fingerprint density at radius 1 is 1.14 bits per heavy atom. The summed E-state index contributed by atoms with van der Waals surface area (Å²) < 4.78 is 38.5. The maximum atomic E-state index is 13.8.